The van der Waals surface area contributed by atoms with Gasteiger partial charge < -0.3 is 24.8 Å². The van der Waals surface area contributed by atoms with E-state index in [0.29, 0.717) is 11.8 Å². The first-order valence-electron chi connectivity index (χ1n) is 10.6. The third-order valence-electron chi connectivity index (χ3n) is 5.24. The number of nitrogens with zero attached hydrogens (tertiary/aromatic N) is 1. The summed E-state index contributed by atoms with van der Waals surface area (Å²) in [6.07, 6.45) is 2.01. The number of hydrogen-bond donors (Lipinski definition) is 0. The second-order valence-corrected chi connectivity index (χ2v) is 10.6. The summed E-state index contributed by atoms with van der Waals surface area (Å²) in [6.45, 7) is 22.5. The zero-order chi connectivity index (χ0) is 21.3. The van der Waals surface area contributed by atoms with Gasteiger partial charge in [0.05, 0.1) is 5.69 Å². The Hall–Kier alpha value is -0.427. The Morgan fingerprint density at radius 1 is 0.806 bits per heavy atom. The van der Waals surface area contributed by atoms with E-state index in [9.17, 15) is 0 Å². The van der Waals surface area contributed by atoms with E-state index in [-0.39, 0.29) is 61.8 Å². The quantitative estimate of drug-likeness (QED) is 0.352. The van der Waals surface area contributed by atoms with Crippen LogP contribution in [0.3, 0.4) is 0 Å². The molecule has 2 aromatic rings. The molecular weight excluding hydrogens is 618 g/mol. The molecule has 2 rings (SSSR count). The van der Waals surface area contributed by atoms with Crippen molar-refractivity contribution in [2.75, 3.05) is 0 Å². The zero-order valence-electron chi connectivity index (χ0n) is 20.8. The van der Waals surface area contributed by atoms with Crippen LogP contribution in [0, 0.1) is 6.07 Å². The van der Waals surface area contributed by atoms with Crippen molar-refractivity contribution in [2.24, 2.45) is 4.99 Å². The molecule has 0 aliphatic carbocycles. The van der Waals surface area contributed by atoms with Crippen LogP contribution in [0.5, 0.6) is 0 Å². The number of rotatable bonds is 4. The molecule has 0 aliphatic heterocycles. The second kappa shape index (κ2) is 12.7. The molecule has 0 bridgehead atoms. The molecule has 1 nitrogen and oxygen atoms in total. The van der Waals surface area contributed by atoms with E-state index >= 15 is 0 Å². The van der Waals surface area contributed by atoms with E-state index in [1.807, 2.05) is 6.21 Å². The fraction of sp³-hybridized carbons (Fsp3) is 0.519. The Morgan fingerprint density at radius 2 is 1.29 bits per heavy atom. The zero-order valence-corrected chi connectivity index (χ0v) is 25.8. The van der Waals surface area contributed by atoms with E-state index in [1.165, 1.54) is 22.3 Å². The maximum Gasteiger partial charge on any atom is 2.00 e. The minimum atomic E-state index is 0. The summed E-state index contributed by atoms with van der Waals surface area (Å²) in [7, 11) is 0. The molecule has 0 N–H and O–H groups in total. The van der Waals surface area contributed by atoms with Gasteiger partial charge in [0, 0.05) is 11.8 Å². The summed E-state index contributed by atoms with van der Waals surface area (Å²) < 4.78 is 0. The van der Waals surface area contributed by atoms with E-state index in [1.54, 1.807) is 0 Å². The van der Waals surface area contributed by atoms with Gasteiger partial charge in [0.15, 0.2) is 0 Å². The van der Waals surface area contributed by atoms with Gasteiger partial charge in [-0.3, -0.25) is 4.99 Å². The van der Waals surface area contributed by atoms with E-state index in [4.69, 9.17) is 4.99 Å². The fourth-order valence-electron chi connectivity index (χ4n) is 3.29. The van der Waals surface area contributed by atoms with Crippen molar-refractivity contribution in [1.82, 2.24) is 0 Å². The predicted molar refractivity (Wildman–Crippen MR) is 130 cm³/mol. The van der Waals surface area contributed by atoms with E-state index < -0.39 is 0 Å². The van der Waals surface area contributed by atoms with Crippen molar-refractivity contribution in [3.8, 4) is 0 Å². The molecule has 0 atom stereocenters. The average molecular weight is 656 g/mol. The maximum absolute atomic E-state index is 5.01. The summed E-state index contributed by atoms with van der Waals surface area (Å²) in [5.74, 6) is 0.891. The van der Waals surface area contributed by atoms with Gasteiger partial charge in [-0.1, -0.05) is 93.5 Å². The number of aliphatic imine (C=N–C) groups is 1. The Morgan fingerprint density at radius 3 is 1.68 bits per heavy atom. The largest absolute Gasteiger partial charge is 2.00 e. The van der Waals surface area contributed by atoms with Gasteiger partial charge in [-0.15, -0.1) is 0 Å². The van der Waals surface area contributed by atoms with Crippen LogP contribution in [-0.4, -0.2) is 32.4 Å². The van der Waals surface area contributed by atoms with Crippen molar-refractivity contribution in [3.63, 3.8) is 0 Å². The van der Waals surface area contributed by atoms with Crippen molar-refractivity contribution >= 4 is 38.1 Å². The van der Waals surface area contributed by atoms with Crippen LogP contribution >= 0.6 is 0 Å². The molecule has 31 heavy (non-hydrogen) atoms. The van der Waals surface area contributed by atoms with Gasteiger partial charge in [0.1, 0.15) is 0 Å². The average Bonchev–Trinajstić information content (AvgIpc) is 2.57. The molecule has 0 saturated carbocycles. The third kappa shape index (κ3) is 8.79. The summed E-state index contributed by atoms with van der Waals surface area (Å²) >= 11 is 0. The number of hydrogen-bond acceptors (Lipinski definition) is 1. The van der Waals surface area contributed by atoms with Crippen LogP contribution in [0.15, 0.2) is 35.3 Å². The molecule has 2 aromatic carbocycles. The molecule has 0 aromatic heterocycles. The van der Waals surface area contributed by atoms with Crippen molar-refractivity contribution in [3.05, 3.63) is 64.2 Å². The van der Waals surface area contributed by atoms with Gasteiger partial charge in [0.25, 0.3) is 0 Å². The first-order valence-corrected chi connectivity index (χ1v) is 10.6. The summed E-state index contributed by atoms with van der Waals surface area (Å²) in [5.41, 5.74) is 7.53. The first kappa shape index (κ1) is 32.8. The monoisotopic (exact) mass is 655 g/mol. The molecule has 0 saturated heterocycles. The van der Waals surface area contributed by atoms with Gasteiger partial charge >= 0.3 is 26.2 Å². The van der Waals surface area contributed by atoms with Crippen LogP contribution in [-0.2, 0) is 10.8 Å². The molecule has 4 radical (unpaired) electrons. The maximum atomic E-state index is 5.01. The summed E-state index contributed by atoms with van der Waals surface area (Å²) in [4.78, 5) is 5.01. The molecule has 4 heteroatoms. The van der Waals surface area contributed by atoms with E-state index in [2.05, 4.69) is 106 Å². The molecule has 0 heterocycles. The SMILES string of the molecule is CC(C)c1cccc(C(C)C)c1N=Cc1[c]c(C(C)(C)C)cc(C(C)(C)C)c1.[Bi+2].[Cl-].[Cl-]. The summed E-state index contributed by atoms with van der Waals surface area (Å²) in [5, 5.41) is 0. The summed E-state index contributed by atoms with van der Waals surface area (Å²) in [6, 6.07) is 14.7. The molecule has 0 fully saturated rings. The number of benzene rings is 2. The smallest absolute Gasteiger partial charge is 1.00 e. The first-order chi connectivity index (χ1) is 12.8. The predicted octanol–water partition coefficient (Wildman–Crippen LogP) is 1.71. The van der Waals surface area contributed by atoms with Gasteiger partial charge in [-0.25, -0.2) is 0 Å². The Labute approximate surface area is 222 Å². The minimum Gasteiger partial charge on any atom is -1.00 e. The molecule has 0 aliphatic rings. The number of halogens is 2. The molecule has 0 unspecified atom stereocenters. The Bertz CT molecular complexity index is 798. The normalized spacial score (nSPS) is 11.9. The third-order valence-corrected chi connectivity index (χ3v) is 5.24. The van der Waals surface area contributed by atoms with Crippen LogP contribution < -0.4 is 24.8 Å². The fourth-order valence-corrected chi connectivity index (χ4v) is 3.29. The van der Waals surface area contributed by atoms with Crippen molar-refractivity contribution in [1.29, 1.82) is 0 Å². The number of para-hydroxylation sites is 1. The van der Waals surface area contributed by atoms with Gasteiger partial charge in [0.2, 0.25) is 0 Å². The topological polar surface area (TPSA) is 12.4 Å². The molecular formula is C27H38BiCl2N. The second-order valence-electron chi connectivity index (χ2n) is 10.6. The van der Waals surface area contributed by atoms with Gasteiger partial charge in [-0.05, 0) is 57.1 Å². The van der Waals surface area contributed by atoms with Crippen LogP contribution in [0.4, 0.5) is 5.69 Å². The molecule has 0 amide bonds. The van der Waals surface area contributed by atoms with Crippen molar-refractivity contribution < 1.29 is 24.8 Å². The van der Waals surface area contributed by atoms with E-state index in [0.717, 1.165) is 11.3 Å². The molecule has 0 spiro atoms. The minimum absolute atomic E-state index is 0. The molecule has 170 valence electrons. The van der Waals surface area contributed by atoms with Gasteiger partial charge in [-0.2, -0.15) is 0 Å². The Balaban J connectivity index is 0. The van der Waals surface area contributed by atoms with Crippen LogP contribution in [0.1, 0.15) is 109 Å². The van der Waals surface area contributed by atoms with Crippen LogP contribution in [0.25, 0.3) is 0 Å². The standard InChI is InChI=1S/C27H38N.Bi.2ClH/c1-18(2)23-12-11-13-24(19(3)4)25(23)28-17-20-14-21(26(5,6)7)16-22(15-20)27(8,9)10;;;/h11-14,16-19H,1-10H3;;2*1H/q;+2;;/p-2. The van der Waals surface area contributed by atoms with Crippen LogP contribution in [0.2, 0.25) is 0 Å². The Kier molecular flexibility index (Phi) is 13.4. The van der Waals surface area contributed by atoms with Crippen molar-refractivity contribution in [2.45, 2.75) is 91.9 Å².